The summed E-state index contributed by atoms with van der Waals surface area (Å²) >= 11 is 5.00. The molecule has 0 fully saturated rings. The van der Waals surface area contributed by atoms with Crippen LogP contribution in [0.5, 0.6) is 5.75 Å². The Morgan fingerprint density at radius 2 is 2.25 bits per heavy atom. The van der Waals surface area contributed by atoms with Gasteiger partial charge in [-0.2, -0.15) is 0 Å². The number of nitrogens with one attached hydrogen (secondary N) is 1. The number of hydrogen-bond donors (Lipinski definition) is 1. The van der Waals surface area contributed by atoms with Crippen LogP contribution in [-0.4, -0.2) is 22.1 Å². The van der Waals surface area contributed by atoms with Crippen LogP contribution < -0.4 is 4.74 Å². The fourth-order valence-electron chi connectivity index (χ4n) is 1.34. The van der Waals surface area contributed by atoms with Gasteiger partial charge in [0, 0.05) is 11.8 Å². The summed E-state index contributed by atoms with van der Waals surface area (Å²) in [6, 6.07) is 1.34. The maximum atomic E-state index is 13.0. The highest BCUT2D eigenvalue weighted by molar-refractivity contribution is 7.71. The van der Waals surface area contributed by atoms with Crippen molar-refractivity contribution in [3.05, 3.63) is 35.2 Å². The van der Waals surface area contributed by atoms with E-state index in [1.807, 2.05) is 0 Å². The van der Waals surface area contributed by atoms with Gasteiger partial charge in [-0.25, -0.2) is 9.37 Å². The van der Waals surface area contributed by atoms with Crippen molar-refractivity contribution in [1.29, 1.82) is 0 Å². The summed E-state index contributed by atoms with van der Waals surface area (Å²) < 4.78 is 18.5. The van der Waals surface area contributed by atoms with Crippen LogP contribution >= 0.6 is 12.2 Å². The molecule has 0 unspecified atom stereocenters. The first kappa shape index (κ1) is 10.7. The third-order valence-electron chi connectivity index (χ3n) is 2.01. The molecule has 0 saturated heterocycles. The van der Waals surface area contributed by atoms with E-state index in [4.69, 9.17) is 17.0 Å². The van der Waals surface area contributed by atoms with E-state index in [9.17, 15) is 4.39 Å². The van der Waals surface area contributed by atoms with Crippen LogP contribution in [0, 0.1) is 10.5 Å². The van der Waals surface area contributed by atoms with E-state index in [1.165, 1.54) is 25.7 Å². The van der Waals surface area contributed by atoms with Crippen molar-refractivity contribution in [3.8, 4) is 17.0 Å². The lowest BCUT2D eigenvalue weighted by atomic mass is 10.2. The molecular weight excluding hydrogens is 229 g/mol. The highest BCUT2D eigenvalue weighted by atomic mass is 32.1. The Hall–Kier alpha value is -1.82. The Labute approximate surface area is 96.2 Å². The van der Waals surface area contributed by atoms with Crippen LogP contribution in [0.2, 0.25) is 0 Å². The van der Waals surface area contributed by atoms with Crippen molar-refractivity contribution in [3.63, 3.8) is 0 Å². The van der Waals surface area contributed by atoms with Crippen molar-refractivity contribution >= 4 is 12.2 Å². The topological polar surface area (TPSA) is 50.8 Å². The largest absolute Gasteiger partial charge is 0.491 e. The summed E-state index contributed by atoms with van der Waals surface area (Å²) in [6.45, 7) is 0. The van der Waals surface area contributed by atoms with E-state index in [1.54, 1.807) is 0 Å². The quantitative estimate of drug-likeness (QED) is 0.814. The van der Waals surface area contributed by atoms with E-state index in [2.05, 4.69) is 15.0 Å². The second-order valence-corrected chi connectivity index (χ2v) is 3.39. The molecule has 2 aromatic rings. The first-order chi connectivity index (χ1) is 7.72. The Kier molecular flexibility index (Phi) is 2.91. The molecule has 0 atom stereocenters. The second-order valence-electron chi connectivity index (χ2n) is 3.01. The molecule has 82 valence electrons. The second kappa shape index (κ2) is 4.36. The van der Waals surface area contributed by atoms with Gasteiger partial charge in [0.1, 0.15) is 5.82 Å². The number of pyridine rings is 1. The minimum atomic E-state index is -0.421. The summed E-state index contributed by atoms with van der Waals surface area (Å²) in [5.41, 5.74) is 1.12. The van der Waals surface area contributed by atoms with Crippen LogP contribution in [0.25, 0.3) is 11.3 Å². The van der Waals surface area contributed by atoms with E-state index in [0.717, 1.165) is 6.20 Å². The number of H-pyrrole nitrogens is 1. The molecule has 0 spiro atoms. The van der Waals surface area contributed by atoms with Crippen molar-refractivity contribution in [1.82, 2.24) is 15.0 Å². The van der Waals surface area contributed by atoms with Crippen LogP contribution in [-0.2, 0) is 0 Å². The smallest absolute Gasteiger partial charge is 0.179 e. The summed E-state index contributed by atoms with van der Waals surface area (Å²) in [7, 11) is 1.48. The summed E-state index contributed by atoms with van der Waals surface area (Å²) in [5.74, 6) is -0.0133. The van der Waals surface area contributed by atoms with Crippen molar-refractivity contribution < 1.29 is 9.13 Å². The number of halogens is 1. The number of rotatable bonds is 2. The summed E-state index contributed by atoms with van der Waals surface area (Å²) in [6.07, 6.45) is 4.09. The SMILES string of the molecule is COc1c(-c2cncc(F)c2)[nH]cnc1=S. The molecule has 0 amide bonds. The number of aromatic amines is 1. The van der Waals surface area contributed by atoms with Gasteiger partial charge in [-0.1, -0.05) is 12.2 Å². The minimum absolute atomic E-state index is 0.320. The molecule has 0 aliphatic carbocycles. The Bertz CT molecular complexity index is 570. The first-order valence-electron chi connectivity index (χ1n) is 4.45. The molecule has 2 heterocycles. The molecule has 0 saturated carbocycles. The Morgan fingerprint density at radius 3 is 2.94 bits per heavy atom. The molecule has 0 aromatic carbocycles. The fourth-order valence-corrected chi connectivity index (χ4v) is 1.58. The van der Waals surface area contributed by atoms with Gasteiger partial charge < -0.3 is 9.72 Å². The number of aromatic nitrogens is 3. The molecule has 0 aliphatic heterocycles. The lowest BCUT2D eigenvalue weighted by molar-refractivity contribution is 0.410. The van der Waals surface area contributed by atoms with E-state index in [-0.39, 0.29) is 0 Å². The fraction of sp³-hybridized carbons (Fsp3) is 0.100. The minimum Gasteiger partial charge on any atom is -0.491 e. The molecule has 0 bridgehead atoms. The molecule has 0 radical (unpaired) electrons. The van der Waals surface area contributed by atoms with E-state index in [0.29, 0.717) is 21.6 Å². The average molecular weight is 237 g/mol. The zero-order valence-electron chi connectivity index (χ0n) is 8.40. The van der Waals surface area contributed by atoms with Gasteiger partial charge in [-0.3, -0.25) is 4.98 Å². The maximum absolute atomic E-state index is 13.0. The molecule has 0 aliphatic rings. The zero-order valence-corrected chi connectivity index (χ0v) is 9.21. The maximum Gasteiger partial charge on any atom is 0.179 e. The van der Waals surface area contributed by atoms with Crippen LogP contribution in [0.1, 0.15) is 0 Å². The van der Waals surface area contributed by atoms with Gasteiger partial charge in [0.05, 0.1) is 25.3 Å². The Morgan fingerprint density at radius 1 is 1.44 bits per heavy atom. The lowest BCUT2D eigenvalue weighted by Crippen LogP contribution is -1.95. The highest BCUT2D eigenvalue weighted by Gasteiger charge is 2.09. The third kappa shape index (κ3) is 1.92. The van der Waals surface area contributed by atoms with Crippen molar-refractivity contribution in [2.24, 2.45) is 0 Å². The Balaban J connectivity index is 2.64. The van der Waals surface area contributed by atoms with E-state index < -0.39 is 5.82 Å². The summed E-state index contributed by atoms with van der Waals surface area (Å²) in [5, 5.41) is 0. The van der Waals surface area contributed by atoms with Gasteiger partial charge in [-0.15, -0.1) is 0 Å². The molecule has 6 heteroatoms. The van der Waals surface area contributed by atoms with Crippen LogP contribution in [0.15, 0.2) is 24.8 Å². The standard InChI is InChI=1S/C10H8FN3OS/c1-15-9-8(13-5-14-10(9)16)6-2-7(11)4-12-3-6/h2-5H,1H3,(H,13,14,16). The third-order valence-corrected chi connectivity index (χ3v) is 2.30. The predicted octanol–water partition coefficient (Wildman–Crippen LogP) is 2.35. The molecular formula is C10H8FN3OS. The van der Waals surface area contributed by atoms with E-state index >= 15 is 0 Å². The van der Waals surface area contributed by atoms with Gasteiger partial charge in [0.2, 0.25) is 0 Å². The molecule has 4 nitrogen and oxygen atoms in total. The number of methoxy groups -OCH3 is 1. The first-order valence-corrected chi connectivity index (χ1v) is 4.86. The number of nitrogens with zero attached hydrogens (tertiary/aromatic N) is 2. The normalized spacial score (nSPS) is 10.1. The molecule has 16 heavy (non-hydrogen) atoms. The van der Waals surface area contributed by atoms with Crippen LogP contribution in [0.3, 0.4) is 0 Å². The average Bonchev–Trinajstić information content (AvgIpc) is 2.28. The number of ether oxygens (including phenoxy) is 1. The highest BCUT2D eigenvalue weighted by Crippen LogP contribution is 2.27. The van der Waals surface area contributed by atoms with Gasteiger partial charge >= 0.3 is 0 Å². The van der Waals surface area contributed by atoms with Crippen LogP contribution in [0.4, 0.5) is 4.39 Å². The van der Waals surface area contributed by atoms with Gasteiger partial charge in [0.15, 0.2) is 10.4 Å². The zero-order chi connectivity index (χ0) is 11.5. The molecule has 2 rings (SSSR count). The van der Waals surface area contributed by atoms with Gasteiger partial charge in [-0.05, 0) is 6.07 Å². The summed E-state index contributed by atoms with van der Waals surface area (Å²) in [4.78, 5) is 10.5. The molecule has 1 N–H and O–H groups in total. The monoisotopic (exact) mass is 237 g/mol. The van der Waals surface area contributed by atoms with Gasteiger partial charge in [0.25, 0.3) is 0 Å². The molecule has 2 aromatic heterocycles. The lowest BCUT2D eigenvalue weighted by Gasteiger charge is -2.07. The number of hydrogen-bond acceptors (Lipinski definition) is 4. The van der Waals surface area contributed by atoms with Crippen molar-refractivity contribution in [2.75, 3.05) is 7.11 Å². The predicted molar refractivity (Wildman–Crippen MR) is 59.2 cm³/mol. The van der Waals surface area contributed by atoms with Crippen molar-refractivity contribution in [2.45, 2.75) is 0 Å².